The molecule has 4 nitrogen and oxygen atoms in total. The summed E-state index contributed by atoms with van der Waals surface area (Å²) in [5, 5.41) is 8.56. The van der Waals surface area contributed by atoms with Gasteiger partial charge in [-0.15, -0.1) is 0 Å². The van der Waals surface area contributed by atoms with Crippen LogP contribution in [-0.4, -0.2) is 17.5 Å². The summed E-state index contributed by atoms with van der Waals surface area (Å²) in [6, 6.07) is 6.14. The first kappa shape index (κ1) is 9.25. The second kappa shape index (κ2) is 4.25. The lowest BCUT2D eigenvalue weighted by molar-refractivity contribution is -0.129. The van der Waals surface area contributed by atoms with Crippen molar-refractivity contribution in [2.24, 2.45) is 0 Å². The van der Waals surface area contributed by atoms with Crippen LogP contribution < -0.4 is 0 Å². The zero-order valence-electron chi connectivity index (χ0n) is 6.77. The van der Waals surface area contributed by atoms with Crippen molar-refractivity contribution in [1.29, 1.82) is 0 Å². The lowest BCUT2D eigenvalue weighted by Crippen LogP contribution is -1.96. The first-order chi connectivity index (χ1) is 6.24. The Morgan fingerprint density at radius 1 is 1.38 bits per heavy atom. The van der Waals surface area contributed by atoms with Gasteiger partial charge in [0, 0.05) is 0 Å². The molecule has 13 heavy (non-hydrogen) atoms. The van der Waals surface area contributed by atoms with E-state index in [9.17, 15) is 9.59 Å². The summed E-state index contributed by atoms with van der Waals surface area (Å²) < 4.78 is 4.49. The number of aromatic carboxylic acids is 1. The second-order valence-corrected chi connectivity index (χ2v) is 2.41. The van der Waals surface area contributed by atoms with E-state index in [4.69, 9.17) is 5.11 Å². The number of hydrogen-bond acceptors (Lipinski definition) is 3. The quantitative estimate of drug-likeness (QED) is 0.703. The molecule has 0 fully saturated rings. The third kappa shape index (κ3) is 2.59. The molecule has 0 aliphatic heterocycles. The number of carbonyl (C=O) groups is 2. The number of hydrogen-bond donors (Lipinski definition) is 1. The molecule has 0 bridgehead atoms. The fraction of sp³-hybridized carbons (Fsp3) is 0.111. The van der Waals surface area contributed by atoms with E-state index in [1.807, 2.05) is 0 Å². The van der Waals surface area contributed by atoms with Crippen molar-refractivity contribution in [3.8, 4) is 0 Å². The average Bonchev–Trinajstić information content (AvgIpc) is 2.15. The van der Waals surface area contributed by atoms with Gasteiger partial charge in [-0.05, 0) is 17.7 Å². The lowest BCUT2D eigenvalue weighted by Gasteiger charge is -1.99. The van der Waals surface area contributed by atoms with Crippen LogP contribution in [-0.2, 0) is 16.1 Å². The van der Waals surface area contributed by atoms with E-state index in [1.165, 1.54) is 12.1 Å². The molecule has 1 aromatic carbocycles. The van der Waals surface area contributed by atoms with E-state index >= 15 is 0 Å². The van der Waals surface area contributed by atoms with Crippen molar-refractivity contribution in [2.75, 3.05) is 0 Å². The first-order valence-electron chi connectivity index (χ1n) is 3.61. The summed E-state index contributed by atoms with van der Waals surface area (Å²) >= 11 is 0. The molecular formula is C9H8O4. The monoisotopic (exact) mass is 180 g/mol. The van der Waals surface area contributed by atoms with Gasteiger partial charge in [0.25, 0.3) is 6.47 Å². The normalized spacial score (nSPS) is 9.23. The number of rotatable bonds is 4. The summed E-state index contributed by atoms with van der Waals surface area (Å²) in [4.78, 5) is 20.3. The van der Waals surface area contributed by atoms with E-state index in [-0.39, 0.29) is 12.2 Å². The molecule has 1 rings (SSSR count). The number of carboxylic acid groups (broad SMARTS) is 1. The third-order valence-corrected chi connectivity index (χ3v) is 1.52. The predicted octanol–water partition coefficient (Wildman–Crippen LogP) is 1.06. The predicted molar refractivity (Wildman–Crippen MR) is 44.3 cm³/mol. The minimum absolute atomic E-state index is 0.170. The Bertz CT molecular complexity index is 302. The van der Waals surface area contributed by atoms with Crippen LogP contribution in [0.25, 0.3) is 0 Å². The highest BCUT2D eigenvalue weighted by molar-refractivity contribution is 5.87. The summed E-state index contributed by atoms with van der Waals surface area (Å²) in [6.07, 6.45) is 0. The van der Waals surface area contributed by atoms with Gasteiger partial charge in [0.15, 0.2) is 0 Å². The largest absolute Gasteiger partial charge is 0.478 e. The number of carbonyl (C=O) groups excluding carboxylic acids is 1. The highest BCUT2D eigenvalue weighted by Gasteiger charge is 2.00. The lowest BCUT2D eigenvalue weighted by atomic mass is 10.1. The van der Waals surface area contributed by atoms with Gasteiger partial charge in [-0.1, -0.05) is 12.1 Å². The van der Waals surface area contributed by atoms with Crippen molar-refractivity contribution in [1.82, 2.24) is 0 Å². The van der Waals surface area contributed by atoms with Gasteiger partial charge in [0.05, 0.1) is 5.56 Å². The molecule has 0 saturated heterocycles. The van der Waals surface area contributed by atoms with Gasteiger partial charge < -0.3 is 9.84 Å². The maximum Gasteiger partial charge on any atom is 0.335 e. The van der Waals surface area contributed by atoms with Crippen molar-refractivity contribution >= 4 is 12.4 Å². The average molecular weight is 180 g/mol. The van der Waals surface area contributed by atoms with Gasteiger partial charge in [-0.3, -0.25) is 4.79 Å². The van der Waals surface area contributed by atoms with Gasteiger partial charge in [0.2, 0.25) is 0 Å². The number of carboxylic acids is 1. The Morgan fingerprint density at radius 3 is 2.46 bits per heavy atom. The molecule has 0 atom stereocenters. The molecule has 0 unspecified atom stereocenters. The van der Waals surface area contributed by atoms with E-state index in [2.05, 4.69) is 4.74 Å². The van der Waals surface area contributed by atoms with E-state index < -0.39 is 5.97 Å². The molecule has 0 heterocycles. The van der Waals surface area contributed by atoms with Crippen LogP contribution in [0.2, 0.25) is 0 Å². The zero-order valence-corrected chi connectivity index (χ0v) is 6.77. The van der Waals surface area contributed by atoms with Crippen LogP contribution in [0.4, 0.5) is 0 Å². The maximum atomic E-state index is 10.4. The molecule has 1 N–H and O–H groups in total. The molecule has 0 aliphatic rings. The topological polar surface area (TPSA) is 63.6 Å². The molecule has 0 aromatic heterocycles. The van der Waals surface area contributed by atoms with Crippen LogP contribution in [0.15, 0.2) is 24.3 Å². The second-order valence-electron chi connectivity index (χ2n) is 2.41. The zero-order chi connectivity index (χ0) is 9.68. The van der Waals surface area contributed by atoms with Gasteiger partial charge in [-0.25, -0.2) is 4.79 Å². The number of ether oxygens (including phenoxy) is 1. The minimum atomic E-state index is -0.970. The van der Waals surface area contributed by atoms with Gasteiger partial charge >= 0.3 is 5.97 Å². The Kier molecular flexibility index (Phi) is 3.03. The minimum Gasteiger partial charge on any atom is -0.478 e. The molecule has 0 amide bonds. The molecule has 0 radical (unpaired) electrons. The molecular weight excluding hydrogens is 172 g/mol. The van der Waals surface area contributed by atoms with Crippen molar-refractivity contribution < 1.29 is 19.4 Å². The Balaban J connectivity index is 2.69. The van der Waals surface area contributed by atoms with Crippen LogP contribution in [0.5, 0.6) is 0 Å². The molecule has 4 heteroatoms. The first-order valence-corrected chi connectivity index (χ1v) is 3.61. The van der Waals surface area contributed by atoms with Crippen molar-refractivity contribution in [3.05, 3.63) is 35.4 Å². The summed E-state index contributed by atoms with van der Waals surface area (Å²) in [5.41, 5.74) is 0.979. The van der Waals surface area contributed by atoms with E-state index in [0.717, 1.165) is 5.56 Å². The van der Waals surface area contributed by atoms with Gasteiger partial charge in [-0.2, -0.15) is 0 Å². The van der Waals surface area contributed by atoms with E-state index in [0.29, 0.717) is 6.47 Å². The molecule has 1 aromatic rings. The molecule has 68 valence electrons. The number of benzene rings is 1. The Hall–Kier alpha value is -1.84. The Morgan fingerprint density at radius 2 is 2.00 bits per heavy atom. The molecule has 0 aliphatic carbocycles. The highest BCUT2D eigenvalue weighted by Crippen LogP contribution is 2.04. The fourth-order valence-corrected chi connectivity index (χ4v) is 0.874. The molecule has 0 saturated carbocycles. The smallest absolute Gasteiger partial charge is 0.335 e. The maximum absolute atomic E-state index is 10.4. The van der Waals surface area contributed by atoms with Crippen LogP contribution >= 0.6 is 0 Å². The fourth-order valence-electron chi connectivity index (χ4n) is 0.874. The van der Waals surface area contributed by atoms with Crippen LogP contribution in [0.1, 0.15) is 15.9 Å². The summed E-state index contributed by atoms with van der Waals surface area (Å²) in [6.45, 7) is 0.522. The SMILES string of the molecule is O=COCc1ccc(C(=O)O)cc1. The summed E-state index contributed by atoms with van der Waals surface area (Å²) in [7, 11) is 0. The van der Waals surface area contributed by atoms with Crippen molar-refractivity contribution in [2.45, 2.75) is 6.61 Å². The van der Waals surface area contributed by atoms with Crippen LogP contribution in [0.3, 0.4) is 0 Å². The highest BCUT2D eigenvalue weighted by atomic mass is 16.5. The molecule has 0 spiro atoms. The standard InChI is InChI=1S/C9H8O4/c10-6-13-5-7-1-3-8(4-2-7)9(11)12/h1-4,6H,5H2,(H,11,12). The van der Waals surface area contributed by atoms with Crippen LogP contribution in [0, 0.1) is 0 Å². The van der Waals surface area contributed by atoms with Gasteiger partial charge in [0.1, 0.15) is 6.61 Å². The summed E-state index contributed by atoms with van der Waals surface area (Å²) in [5.74, 6) is -0.970. The Labute approximate surface area is 74.8 Å². The van der Waals surface area contributed by atoms with Crippen molar-refractivity contribution in [3.63, 3.8) is 0 Å². The van der Waals surface area contributed by atoms with E-state index in [1.54, 1.807) is 12.1 Å². The third-order valence-electron chi connectivity index (χ3n) is 1.52.